The van der Waals surface area contributed by atoms with Crippen LogP contribution in [-0.4, -0.2) is 40.4 Å². The second-order valence-corrected chi connectivity index (χ2v) is 6.22. The second kappa shape index (κ2) is 8.51. The summed E-state index contributed by atoms with van der Waals surface area (Å²) in [6.07, 6.45) is 6.55. The standard InChI is InChI=1S/C19H25FN6/c1-3-21-19(23-8-9-26-13-14(2)11-25-26)22-7-6-15-12-24-18-5-4-16(20)10-17(15)18/h4-5,10-13,24H,3,6-9H2,1-2H3,(H2,21,22,23). The van der Waals surface area contributed by atoms with E-state index in [1.807, 2.05) is 37.1 Å². The molecule has 138 valence electrons. The highest BCUT2D eigenvalue weighted by molar-refractivity contribution is 5.83. The highest BCUT2D eigenvalue weighted by atomic mass is 19.1. The van der Waals surface area contributed by atoms with Crippen LogP contribution in [-0.2, 0) is 13.0 Å². The van der Waals surface area contributed by atoms with E-state index in [4.69, 9.17) is 0 Å². The lowest BCUT2D eigenvalue weighted by Gasteiger charge is -2.11. The Bertz CT molecular complexity index is 879. The number of hydrogen-bond acceptors (Lipinski definition) is 2. The van der Waals surface area contributed by atoms with Crippen LogP contribution < -0.4 is 10.6 Å². The second-order valence-electron chi connectivity index (χ2n) is 6.22. The van der Waals surface area contributed by atoms with Gasteiger partial charge >= 0.3 is 0 Å². The van der Waals surface area contributed by atoms with Crippen LogP contribution in [0.2, 0.25) is 0 Å². The van der Waals surface area contributed by atoms with E-state index in [9.17, 15) is 4.39 Å². The molecule has 2 heterocycles. The fourth-order valence-corrected chi connectivity index (χ4v) is 2.87. The summed E-state index contributed by atoms with van der Waals surface area (Å²) in [6.45, 7) is 7.01. The van der Waals surface area contributed by atoms with Crippen LogP contribution in [0.25, 0.3) is 10.9 Å². The minimum absolute atomic E-state index is 0.217. The zero-order chi connectivity index (χ0) is 18.4. The Hall–Kier alpha value is -2.83. The number of rotatable bonds is 7. The maximum absolute atomic E-state index is 13.5. The Morgan fingerprint density at radius 2 is 2.23 bits per heavy atom. The van der Waals surface area contributed by atoms with E-state index < -0.39 is 0 Å². The van der Waals surface area contributed by atoms with Gasteiger partial charge in [-0.05, 0) is 49.6 Å². The van der Waals surface area contributed by atoms with Crippen LogP contribution in [0.4, 0.5) is 4.39 Å². The Balaban J connectivity index is 1.55. The Labute approximate surface area is 152 Å². The number of aromatic nitrogens is 3. The number of nitrogens with one attached hydrogen (secondary N) is 3. The molecule has 26 heavy (non-hydrogen) atoms. The molecule has 0 fully saturated rings. The van der Waals surface area contributed by atoms with Crippen molar-refractivity contribution in [1.29, 1.82) is 0 Å². The molecule has 6 nitrogen and oxygen atoms in total. The van der Waals surface area contributed by atoms with E-state index in [1.165, 1.54) is 6.07 Å². The molecule has 0 aliphatic carbocycles. The molecule has 3 aromatic rings. The van der Waals surface area contributed by atoms with E-state index in [2.05, 4.69) is 25.7 Å². The Morgan fingerprint density at radius 1 is 1.35 bits per heavy atom. The summed E-state index contributed by atoms with van der Waals surface area (Å²) < 4.78 is 15.4. The molecule has 0 spiro atoms. The van der Waals surface area contributed by atoms with Gasteiger partial charge in [-0.2, -0.15) is 5.10 Å². The Kier molecular flexibility index (Phi) is 5.88. The summed E-state index contributed by atoms with van der Waals surface area (Å²) in [5, 5.41) is 11.8. The molecule has 0 aliphatic heterocycles. The number of nitrogens with zero attached hydrogens (tertiary/aromatic N) is 3. The van der Waals surface area contributed by atoms with Gasteiger partial charge in [-0.25, -0.2) is 4.39 Å². The van der Waals surface area contributed by atoms with Crippen molar-refractivity contribution in [2.75, 3.05) is 19.6 Å². The number of aromatic amines is 1. The van der Waals surface area contributed by atoms with Crippen molar-refractivity contribution in [3.05, 3.63) is 53.7 Å². The monoisotopic (exact) mass is 356 g/mol. The van der Waals surface area contributed by atoms with E-state index in [0.717, 1.165) is 54.0 Å². The first-order valence-electron chi connectivity index (χ1n) is 8.92. The number of guanidine groups is 1. The molecule has 0 amide bonds. The molecule has 0 radical (unpaired) electrons. The number of H-pyrrole nitrogens is 1. The van der Waals surface area contributed by atoms with Gasteiger partial charge in [0.25, 0.3) is 0 Å². The molecule has 2 aromatic heterocycles. The molecular weight excluding hydrogens is 331 g/mol. The summed E-state index contributed by atoms with van der Waals surface area (Å²) in [6, 6.07) is 4.80. The Morgan fingerprint density at radius 3 is 3.00 bits per heavy atom. The molecule has 0 saturated carbocycles. The van der Waals surface area contributed by atoms with Crippen molar-refractivity contribution in [3.63, 3.8) is 0 Å². The molecule has 7 heteroatoms. The summed E-state index contributed by atoms with van der Waals surface area (Å²) in [4.78, 5) is 7.79. The molecular formula is C19H25FN6. The highest BCUT2D eigenvalue weighted by Gasteiger charge is 2.05. The average Bonchev–Trinajstić information content (AvgIpc) is 3.21. The number of hydrogen-bond donors (Lipinski definition) is 3. The summed E-state index contributed by atoms with van der Waals surface area (Å²) in [5.74, 6) is 0.563. The minimum atomic E-state index is -0.217. The lowest BCUT2D eigenvalue weighted by molar-refractivity contribution is 0.597. The number of fused-ring (bicyclic) bond motifs is 1. The third kappa shape index (κ3) is 4.62. The van der Waals surface area contributed by atoms with Crippen molar-refractivity contribution in [2.45, 2.75) is 26.8 Å². The summed E-state index contributed by atoms with van der Waals surface area (Å²) in [5.41, 5.74) is 3.18. The predicted octanol–water partition coefficient (Wildman–Crippen LogP) is 2.61. The van der Waals surface area contributed by atoms with Gasteiger partial charge in [-0.1, -0.05) is 0 Å². The molecule has 0 saturated heterocycles. The normalized spacial score (nSPS) is 11.9. The largest absolute Gasteiger partial charge is 0.361 e. The fourth-order valence-electron chi connectivity index (χ4n) is 2.87. The molecule has 1 aromatic carbocycles. The van der Waals surface area contributed by atoms with Crippen LogP contribution >= 0.6 is 0 Å². The van der Waals surface area contributed by atoms with Crippen LogP contribution in [0.5, 0.6) is 0 Å². The predicted molar refractivity (Wildman–Crippen MR) is 103 cm³/mol. The number of aryl methyl sites for hydroxylation is 1. The van der Waals surface area contributed by atoms with Crippen molar-refractivity contribution >= 4 is 16.9 Å². The molecule has 0 aliphatic rings. The fraction of sp³-hybridized carbons (Fsp3) is 0.368. The minimum Gasteiger partial charge on any atom is -0.361 e. The van der Waals surface area contributed by atoms with Crippen molar-refractivity contribution in [2.24, 2.45) is 4.99 Å². The van der Waals surface area contributed by atoms with E-state index in [1.54, 1.807) is 12.1 Å². The van der Waals surface area contributed by atoms with E-state index >= 15 is 0 Å². The SMILES string of the molecule is CCNC(=NCCc1c[nH]c2ccc(F)cc12)NCCn1cc(C)cn1. The molecule has 3 rings (SSSR count). The van der Waals surface area contributed by atoms with Gasteiger partial charge in [0, 0.05) is 42.9 Å². The van der Waals surface area contributed by atoms with Crippen LogP contribution in [0, 0.1) is 12.7 Å². The third-order valence-corrected chi connectivity index (χ3v) is 4.12. The molecule has 3 N–H and O–H groups in total. The van der Waals surface area contributed by atoms with Crippen LogP contribution in [0.3, 0.4) is 0 Å². The quantitative estimate of drug-likeness (QED) is 0.450. The average molecular weight is 356 g/mol. The van der Waals surface area contributed by atoms with Crippen molar-refractivity contribution in [1.82, 2.24) is 25.4 Å². The van der Waals surface area contributed by atoms with Crippen LogP contribution in [0.15, 0.2) is 41.8 Å². The first-order chi connectivity index (χ1) is 12.7. The number of halogens is 1. The first kappa shape index (κ1) is 18.0. The smallest absolute Gasteiger partial charge is 0.191 e. The van der Waals surface area contributed by atoms with Gasteiger partial charge in [0.2, 0.25) is 0 Å². The molecule has 0 unspecified atom stereocenters. The lowest BCUT2D eigenvalue weighted by atomic mass is 10.1. The van der Waals surface area contributed by atoms with E-state index in [-0.39, 0.29) is 5.82 Å². The summed E-state index contributed by atoms with van der Waals surface area (Å²) >= 11 is 0. The van der Waals surface area contributed by atoms with Gasteiger partial charge in [0.15, 0.2) is 5.96 Å². The van der Waals surface area contributed by atoms with Gasteiger partial charge < -0.3 is 15.6 Å². The van der Waals surface area contributed by atoms with Gasteiger partial charge in [0.05, 0.1) is 12.7 Å². The first-order valence-corrected chi connectivity index (χ1v) is 8.92. The van der Waals surface area contributed by atoms with Crippen molar-refractivity contribution in [3.8, 4) is 0 Å². The van der Waals surface area contributed by atoms with Crippen molar-refractivity contribution < 1.29 is 4.39 Å². The maximum atomic E-state index is 13.5. The zero-order valence-electron chi connectivity index (χ0n) is 15.2. The molecule has 0 bridgehead atoms. The maximum Gasteiger partial charge on any atom is 0.191 e. The number of aliphatic imine (C=N–C) groups is 1. The summed E-state index contributed by atoms with van der Waals surface area (Å²) in [7, 11) is 0. The van der Waals surface area contributed by atoms with Gasteiger partial charge in [-0.15, -0.1) is 0 Å². The lowest BCUT2D eigenvalue weighted by Crippen LogP contribution is -2.39. The van der Waals surface area contributed by atoms with Gasteiger partial charge in [-0.3, -0.25) is 9.67 Å². The third-order valence-electron chi connectivity index (χ3n) is 4.12. The highest BCUT2D eigenvalue weighted by Crippen LogP contribution is 2.19. The van der Waals surface area contributed by atoms with Gasteiger partial charge in [0.1, 0.15) is 5.82 Å². The number of benzene rings is 1. The van der Waals surface area contributed by atoms with E-state index in [0.29, 0.717) is 6.54 Å². The zero-order valence-corrected chi connectivity index (χ0v) is 15.2. The van der Waals surface area contributed by atoms with Crippen LogP contribution in [0.1, 0.15) is 18.1 Å². The molecule has 0 atom stereocenters. The topological polar surface area (TPSA) is 70.0 Å².